The van der Waals surface area contributed by atoms with E-state index in [-0.39, 0.29) is 11.5 Å². The van der Waals surface area contributed by atoms with Crippen molar-refractivity contribution in [1.82, 2.24) is 4.90 Å². The number of esters is 1. The van der Waals surface area contributed by atoms with Gasteiger partial charge in [0.1, 0.15) is 6.61 Å². The van der Waals surface area contributed by atoms with E-state index in [1.807, 2.05) is 0 Å². The molecule has 0 rings (SSSR count). The Morgan fingerprint density at radius 3 is 2.40 bits per heavy atom. The second-order valence-electron chi connectivity index (χ2n) is 4.42. The molecule has 0 radical (unpaired) electrons. The average Bonchev–Trinajstić information content (AvgIpc) is 2.10. The van der Waals surface area contributed by atoms with Gasteiger partial charge in [0.25, 0.3) is 0 Å². The molecule has 15 heavy (non-hydrogen) atoms. The molecule has 0 saturated carbocycles. The molecule has 0 unspecified atom stereocenters. The molecule has 0 aromatic heterocycles. The molecule has 0 N–H and O–H groups in total. The van der Waals surface area contributed by atoms with Crippen LogP contribution in [0.3, 0.4) is 0 Å². The highest BCUT2D eigenvalue weighted by Gasteiger charge is 2.19. The van der Waals surface area contributed by atoms with E-state index in [4.69, 9.17) is 4.74 Å². The summed E-state index contributed by atoms with van der Waals surface area (Å²) in [5.74, 6) is -0.262. The van der Waals surface area contributed by atoms with Crippen LogP contribution in [0.15, 0.2) is 12.2 Å². The molecule has 0 aliphatic heterocycles. The molecule has 0 heterocycles. The third-order valence-corrected chi connectivity index (χ3v) is 2.24. The molecule has 0 aliphatic carbocycles. The van der Waals surface area contributed by atoms with Crippen LogP contribution >= 0.6 is 0 Å². The topological polar surface area (TPSA) is 29.5 Å². The first-order chi connectivity index (χ1) is 6.91. The summed E-state index contributed by atoms with van der Waals surface area (Å²) < 4.78 is 5.04. The van der Waals surface area contributed by atoms with Gasteiger partial charge in [-0.25, -0.2) is 4.79 Å². The van der Waals surface area contributed by atoms with Gasteiger partial charge in [0.2, 0.25) is 0 Å². The summed E-state index contributed by atoms with van der Waals surface area (Å²) in [6.45, 7) is 12.6. The van der Waals surface area contributed by atoms with Gasteiger partial charge in [-0.3, -0.25) is 4.90 Å². The number of carbonyl (C=O) groups is 1. The van der Waals surface area contributed by atoms with Crippen LogP contribution in [-0.2, 0) is 9.53 Å². The fraction of sp³-hybridized carbons (Fsp3) is 0.750. The Hall–Kier alpha value is -0.830. The Balaban J connectivity index is 3.88. The van der Waals surface area contributed by atoms with Crippen LogP contribution in [0.25, 0.3) is 0 Å². The lowest BCUT2D eigenvalue weighted by molar-refractivity contribution is -0.138. The number of likely N-dealkylation sites (N-methyl/N-ethyl adjacent to an activating group) is 1. The van der Waals surface area contributed by atoms with Crippen molar-refractivity contribution in [1.29, 1.82) is 0 Å². The van der Waals surface area contributed by atoms with Gasteiger partial charge in [-0.1, -0.05) is 13.0 Å². The van der Waals surface area contributed by atoms with E-state index < -0.39 is 0 Å². The summed E-state index contributed by atoms with van der Waals surface area (Å²) in [6, 6.07) is 0. The molecule has 0 spiro atoms. The van der Waals surface area contributed by atoms with E-state index in [9.17, 15) is 4.79 Å². The third kappa shape index (κ3) is 6.28. The lowest BCUT2D eigenvalue weighted by atomic mass is 10.1. The molecule has 0 saturated heterocycles. The maximum atomic E-state index is 11.0. The zero-order chi connectivity index (χ0) is 11.9. The number of hydrogen-bond donors (Lipinski definition) is 0. The van der Waals surface area contributed by atoms with Crippen molar-refractivity contribution in [3.8, 4) is 0 Å². The van der Waals surface area contributed by atoms with E-state index in [1.165, 1.54) is 6.08 Å². The molecule has 0 aromatic carbocycles. The number of allylic oxidation sites excluding steroid dienone is 1. The largest absolute Gasteiger partial charge is 0.461 e. The maximum absolute atomic E-state index is 11.0. The molecule has 0 amide bonds. The van der Waals surface area contributed by atoms with Crippen molar-refractivity contribution in [3.63, 3.8) is 0 Å². The first kappa shape index (κ1) is 14.2. The van der Waals surface area contributed by atoms with Crippen molar-refractivity contribution in [2.75, 3.05) is 19.7 Å². The smallest absolute Gasteiger partial charge is 0.330 e. The molecule has 3 heteroatoms. The monoisotopic (exact) mass is 213 g/mol. The minimum absolute atomic E-state index is 0.127. The fourth-order valence-electron chi connectivity index (χ4n) is 1.41. The highest BCUT2D eigenvalue weighted by atomic mass is 16.5. The Bertz CT molecular complexity index is 216. The van der Waals surface area contributed by atoms with Gasteiger partial charge in [0.15, 0.2) is 0 Å². The summed E-state index contributed by atoms with van der Waals surface area (Å²) in [5, 5.41) is 0. The van der Waals surface area contributed by atoms with E-state index in [2.05, 4.69) is 32.6 Å². The van der Waals surface area contributed by atoms with Crippen LogP contribution in [-0.4, -0.2) is 36.1 Å². The second kappa shape index (κ2) is 6.62. The first-order valence-electron chi connectivity index (χ1n) is 5.46. The van der Waals surface area contributed by atoms with Gasteiger partial charge in [0, 0.05) is 18.2 Å². The summed E-state index contributed by atoms with van der Waals surface area (Å²) >= 11 is 0. The van der Waals surface area contributed by atoms with E-state index in [0.717, 1.165) is 13.1 Å². The number of nitrogens with zero attached hydrogens (tertiary/aromatic N) is 1. The van der Waals surface area contributed by atoms with Gasteiger partial charge in [-0.15, -0.1) is 0 Å². The molecule has 0 fully saturated rings. The molecule has 0 atom stereocenters. The molecule has 88 valence electrons. The number of rotatable bonds is 5. The van der Waals surface area contributed by atoms with Crippen LogP contribution < -0.4 is 0 Å². The van der Waals surface area contributed by atoms with Crippen LogP contribution in [0.5, 0.6) is 0 Å². The van der Waals surface area contributed by atoms with Crippen molar-refractivity contribution >= 4 is 5.97 Å². The predicted molar refractivity (Wildman–Crippen MR) is 62.8 cm³/mol. The molecule has 0 aliphatic rings. The Morgan fingerprint density at radius 2 is 2.00 bits per heavy atom. The lowest BCUT2D eigenvalue weighted by Gasteiger charge is -2.34. The van der Waals surface area contributed by atoms with Crippen LogP contribution in [0, 0.1) is 0 Å². The van der Waals surface area contributed by atoms with E-state index in [1.54, 1.807) is 13.0 Å². The highest BCUT2D eigenvalue weighted by Crippen LogP contribution is 2.11. The predicted octanol–water partition coefficient (Wildman–Crippen LogP) is 2.23. The normalized spacial score (nSPS) is 12.4. The van der Waals surface area contributed by atoms with Gasteiger partial charge in [-0.05, 0) is 34.2 Å². The highest BCUT2D eigenvalue weighted by molar-refractivity contribution is 5.81. The van der Waals surface area contributed by atoms with Gasteiger partial charge >= 0.3 is 5.97 Å². The summed E-state index contributed by atoms with van der Waals surface area (Å²) in [6.07, 6.45) is 3.12. The van der Waals surface area contributed by atoms with Gasteiger partial charge in [0.05, 0.1) is 0 Å². The summed E-state index contributed by atoms with van der Waals surface area (Å²) in [5.41, 5.74) is 0.127. The summed E-state index contributed by atoms with van der Waals surface area (Å²) in [7, 11) is 0. The zero-order valence-electron chi connectivity index (χ0n) is 10.5. The number of carbonyl (C=O) groups excluding carboxylic acids is 1. The van der Waals surface area contributed by atoms with E-state index in [0.29, 0.717) is 6.61 Å². The Morgan fingerprint density at radius 1 is 1.40 bits per heavy atom. The second-order valence-corrected chi connectivity index (χ2v) is 4.42. The van der Waals surface area contributed by atoms with Crippen molar-refractivity contribution in [2.24, 2.45) is 0 Å². The third-order valence-electron chi connectivity index (χ3n) is 2.24. The molecular weight excluding hydrogens is 190 g/mol. The Kier molecular flexibility index (Phi) is 6.25. The average molecular weight is 213 g/mol. The number of hydrogen-bond acceptors (Lipinski definition) is 3. The fourth-order valence-corrected chi connectivity index (χ4v) is 1.41. The minimum atomic E-state index is -0.262. The van der Waals surface area contributed by atoms with Crippen molar-refractivity contribution < 1.29 is 9.53 Å². The van der Waals surface area contributed by atoms with Crippen LogP contribution in [0.1, 0.15) is 34.6 Å². The van der Waals surface area contributed by atoms with Crippen molar-refractivity contribution in [3.05, 3.63) is 12.2 Å². The summed E-state index contributed by atoms with van der Waals surface area (Å²) in [4.78, 5) is 13.3. The molecular formula is C12H23NO2. The quantitative estimate of drug-likeness (QED) is 0.518. The standard InChI is InChI=1S/C12H23NO2/c1-6-8-11(14)15-10-9-13(7-2)12(3,4)5/h6,8H,7,9-10H2,1-5H3/b8-6+. The Labute approximate surface area is 93.1 Å². The number of ether oxygens (including phenoxy) is 1. The SMILES string of the molecule is C/C=C/C(=O)OCCN(CC)C(C)(C)C. The molecule has 0 aromatic rings. The van der Waals surface area contributed by atoms with Crippen LogP contribution in [0.4, 0.5) is 0 Å². The van der Waals surface area contributed by atoms with Crippen LogP contribution in [0.2, 0.25) is 0 Å². The first-order valence-corrected chi connectivity index (χ1v) is 5.46. The van der Waals surface area contributed by atoms with Gasteiger partial charge in [-0.2, -0.15) is 0 Å². The lowest BCUT2D eigenvalue weighted by Crippen LogP contribution is -2.43. The van der Waals surface area contributed by atoms with Gasteiger partial charge < -0.3 is 4.74 Å². The maximum Gasteiger partial charge on any atom is 0.330 e. The minimum Gasteiger partial charge on any atom is -0.461 e. The van der Waals surface area contributed by atoms with Crippen molar-refractivity contribution in [2.45, 2.75) is 40.2 Å². The molecule has 0 bridgehead atoms. The van der Waals surface area contributed by atoms with E-state index >= 15 is 0 Å². The molecule has 3 nitrogen and oxygen atoms in total. The zero-order valence-corrected chi connectivity index (χ0v) is 10.5.